The maximum atomic E-state index is 12.8. The van der Waals surface area contributed by atoms with E-state index in [1.807, 2.05) is 14.1 Å². The molecule has 2 aliphatic rings. The van der Waals surface area contributed by atoms with Gasteiger partial charge >= 0.3 is 11.8 Å². The summed E-state index contributed by atoms with van der Waals surface area (Å²) in [4.78, 5) is 39.2. The van der Waals surface area contributed by atoms with Gasteiger partial charge in [-0.25, -0.2) is 0 Å². The second-order valence-electron chi connectivity index (χ2n) is 6.82. The Morgan fingerprint density at radius 1 is 1.14 bits per heavy atom. The van der Waals surface area contributed by atoms with Crippen molar-refractivity contribution in [2.75, 3.05) is 53.7 Å². The van der Waals surface area contributed by atoms with Crippen LogP contribution in [0.5, 0.6) is 11.5 Å². The summed E-state index contributed by atoms with van der Waals surface area (Å²) >= 11 is 0. The number of fused-ring (bicyclic) bond motifs is 1. The zero-order valence-electron chi connectivity index (χ0n) is 15.9. The van der Waals surface area contributed by atoms with Crippen molar-refractivity contribution in [3.8, 4) is 11.5 Å². The molecule has 0 aliphatic carbocycles. The lowest BCUT2D eigenvalue weighted by atomic mass is 10.1. The predicted molar refractivity (Wildman–Crippen MR) is 97.0 cm³/mol. The third-order valence-corrected chi connectivity index (χ3v) is 4.42. The minimum absolute atomic E-state index is 0.0292. The molecule has 28 heavy (non-hydrogen) atoms. The number of nitrogens with zero attached hydrogens (tertiary/aromatic N) is 1. The van der Waals surface area contributed by atoms with Crippen molar-refractivity contribution in [2.24, 2.45) is 0 Å². The van der Waals surface area contributed by atoms with Gasteiger partial charge in [0.05, 0.1) is 40.3 Å². The fourth-order valence-electron chi connectivity index (χ4n) is 2.88. The Kier molecular flexibility index (Phi) is 6.32. The third-order valence-electron chi connectivity index (χ3n) is 4.42. The van der Waals surface area contributed by atoms with Gasteiger partial charge in [-0.05, 0) is 18.2 Å². The van der Waals surface area contributed by atoms with Crippen LogP contribution in [0, 0.1) is 0 Å². The monoisotopic (exact) mass is 393 g/mol. The van der Waals surface area contributed by atoms with Crippen LogP contribution >= 0.6 is 0 Å². The number of quaternary nitrogens is 1. The SMILES string of the molecule is C[NH+](C)CCNC(=O)C(=O)NC[C@H]1OCCN1C(=O)c1ccc2c(c1)OCO2. The first-order valence-corrected chi connectivity index (χ1v) is 9.13. The van der Waals surface area contributed by atoms with Crippen LogP contribution in [0.15, 0.2) is 18.2 Å². The Morgan fingerprint density at radius 2 is 1.89 bits per heavy atom. The van der Waals surface area contributed by atoms with Crippen LogP contribution in [0.3, 0.4) is 0 Å². The first-order chi connectivity index (χ1) is 13.5. The molecule has 1 aromatic rings. The lowest BCUT2D eigenvalue weighted by molar-refractivity contribution is -0.856. The van der Waals surface area contributed by atoms with Gasteiger partial charge in [-0.15, -0.1) is 0 Å². The summed E-state index contributed by atoms with van der Waals surface area (Å²) in [6, 6.07) is 4.96. The van der Waals surface area contributed by atoms with Gasteiger partial charge in [0.2, 0.25) is 6.79 Å². The standard InChI is InChI=1S/C18H24N4O6/c1-21(2)6-5-19-16(23)17(24)20-10-15-22(7-8-26-15)18(25)12-3-4-13-14(9-12)28-11-27-13/h3-4,9,15H,5-8,10-11H2,1-2H3,(H,19,23)(H,20,24)/p+1/t15-/m1/s1. The summed E-state index contributed by atoms with van der Waals surface area (Å²) in [5.74, 6) is -0.576. The second-order valence-corrected chi connectivity index (χ2v) is 6.82. The third kappa shape index (κ3) is 4.70. The highest BCUT2D eigenvalue weighted by atomic mass is 16.7. The van der Waals surface area contributed by atoms with E-state index in [1.165, 1.54) is 4.90 Å². The van der Waals surface area contributed by atoms with Crippen LogP contribution < -0.4 is 25.0 Å². The fraction of sp³-hybridized carbons (Fsp3) is 0.500. The molecular weight excluding hydrogens is 368 g/mol. The number of nitrogens with one attached hydrogen (secondary N) is 3. The van der Waals surface area contributed by atoms with E-state index in [4.69, 9.17) is 14.2 Å². The number of rotatable bonds is 6. The maximum absolute atomic E-state index is 12.8. The Bertz CT molecular complexity index is 754. The number of likely N-dealkylation sites (N-methyl/N-ethyl adjacent to an activating group) is 1. The van der Waals surface area contributed by atoms with E-state index in [9.17, 15) is 14.4 Å². The predicted octanol–water partition coefficient (Wildman–Crippen LogP) is -2.41. The average Bonchev–Trinajstić information content (AvgIpc) is 3.33. The minimum atomic E-state index is -0.750. The molecule has 10 heteroatoms. The van der Waals surface area contributed by atoms with E-state index in [2.05, 4.69) is 10.6 Å². The molecule has 0 bridgehead atoms. The maximum Gasteiger partial charge on any atom is 0.309 e. The van der Waals surface area contributed by atoms with Gasteiger partial charge in [0.25, 0.3) is 5.91 Å². The highest BCUT2D eigenvalue weighted by molar-refractivity contribution is 6.35. The van der Waals surface area contributed by atoms with Crippen molar-refractivity contribution in [3.05, 3.63) is 23.8 Å². The summed E-state index contributed by atoms with van der Waals surface area (Å²) in [5.41, 5.74) is 0.440. The van der Waals surface area contributed by atoms with Crippen LogP contribution in [0.25, 0.3) is 0 Å². The van der Waals surface area contributed by atoms with Crippen LogP contribution in [-0.4, -0.2) is 82.5 Å². The molecule has 0 saturated carbocycles. The van der Waals surface area contributed by atoms with Crippen molar-refractivity contribution in [2.45, 2.75) is 6.23 Å². The summed E-state index contributed by atoms with van der Waals surface area (Å²) < 4.78 is 16.1. The molecule has 1 aromatic carbocycles. The zero-order chi connectivity index (χ0) is 20.1. The summed E-state index contributed by atoms with van der Waals surface area (Å²) in [6.45, 7) is 2.03. The normalized spacial score (nSPS) is 17.7. The van der Waals surface area contributed by atoms with Gasteiger partial charge in [-0.1, -0.05) is 0 Å². The Morgan fingerprint density at radius 3 is 2.68 bits per heavy atom. The smallest absolute Gasteiger partial charge is 0.309 e. The van der Waals surface area contributed by atoms with E-state index in [0.29, 0.717) is 43.3 Å². The fourth-order valence-corrected chi connectivity index (χ4v) is 2.88. The van der Waals surface area contributed by atoms with Gasteiger partial charge in [-0.3, -0.25) is 14.4 Å². The van der Waals surface area contributed by atoms with Crippen molar-refractivity contribution in [3.63, 3.8) is 0 Å². The molecule has 2 aliphatic heterocycles. The number of carbonyl (C=O) groups excluding carboxylic acids is 3. The zero-order valence-corrected chi connectivity index (χ0v) is 15.9. The quantitative estimate of drug-likeness (QED) is 0.465. The van der Waals surface area contributed by atoms with Crippen LogP contribution in [0.1, 0.15) is 10.4 Å². The van der Waals surface area contributed by atoms with Gasteiger partial charge in [-0.2, -0.15) is 0 Å². The summed E-state index contributed by atoms with van der Waals surface area (Å²) in [5, 5.41) is 5.07. The summed E-state index contributed by atoms with van der Waals surface area (Å²) in [6.07, 6.45) is -0.638. The molecule has 0 unspecified atom stereocenters. The number of ether oxygens (including phenoxy) is 3. The van der Waals surface area contributed by atoms with Crippen LogP contribution in [-0.2, 0) is 14.3 Å². The molecule has 1 saturated heterocycles. The Balaban J connectivity index is 1.52. The minimum Gasteiger partial charge on any atom is -0.454 e. The molecule has 0 radical (unpaired) electrons. The lowest BCUT2D eigenvalue weighted by Gasteiger charge is -2.23. The molecule has 3 N–H and O–H groups in total. The molecule has 3 amide bonds. The van der Waals surface area contributed by atoms with Crippen molar-refractivity contribution < 1.29 is 33.5 Å². The van der Waals surface area contributed by atoms with Gasteiger partial charge in [0.15, 0.2) is 11.5 Å². The molecule has 1 atom stereocenters. The first kappa shape index (κ1) is 19.9. The number of hydrogen-bond donors (Lipinski definition) is 3. The molecule has 2 heterocycles. The average molecular weight is 393 g/mol. The highest BCUT2D eigenvalue weighted by Gasteiger charge is 2.32. The van der Waals surface area contributed by atoms with Crippen molar-refractivity contribution in [1.29, 1.82) is 0 Å². The molecular formula is C18H25N4O6+. The molecule has 10 nitrogen and oxygen atoms in total. The van der Waals surface area contributed by atoms with E-state index in [0.717, 1.165) is 4.90 Å². The second kappa shape index (κ2) is 8.89. The molecule has 0 aromatic heterocycles. The molecule has 152 valence electrons. The van der Waals surface area contributed by atoms with Gasteiger partial charge in [0, 0.05) is 12.1 Å². The van der Waals surface area contributed by atoms with E-state index >= 15 is 0 Å². The van der Waals surface area contributed by atoms with Gasteiger partial charge in [0.1, 0.15) is 6.23 Å². The topological polar surface area (TPSA) is 111 Å². The Labute approximate surface area is 162 Å². The van der Waals surface area contributed by atoms with E-state index in [1.54, 1.807) is 18.2 Å². The van der Waals surface area contributed by atoms with Crippen molar-refractivity contribution >= 4 is 17.7 Å². The number of carbonyl (C=O) groups is 3. The number of benzene rings is 1. The largest absolute Gasteiger partial charge is 0.454 e. The highest BCUT2D eigenvalue weighted by Crippen LogP contribution is 2.33. The molecule has 1 fully saturated rings. The number of amides is 3. The molecule has 0 spiro atoms. The van der Waals surface area contributed by atoms with E-state index in [-0.39, 0.29) is 19.2 Å². The lowest BCUT2D eigenvalue weighted by Crippen LogP contribution is -3.06. The first-order valence-electron chi connectivity index (χ1n) is 9.13. The van der Waals surface area contributed by atoms with Crippen LogP contribution in [0.2, 0.25) is 0 Å². The molecule has 3 rings (SSSR count). The number of hydrogen-bond acceptors (Lipinski definition) is 6. The van der Waals surface area contributed by atoms with Crippen LogP contribution in [0.4, 0.5) is 0 Å². The van der Waals surface area contributed by atoms with Crippen molar-refractivity contribution in [1.82, 2.24) is 15.5 Å². The Hall–Kier alpha value is -2.85. The van der Waals surface area contributed by atoms with Gasteiger partial charge < -0.3 is 34.6 Å². The summed E-state index contributed by atoms with van der Waals surface area (Å²) in [7, 11) is 3.91. The van der Waals surface area contributed by atoms with E-state index < -0.39 is 18.0 Å².